The normalized spacial score (nSPS) is 12.7. The molecule has 1 amide bonds. The summed E-state index contributed by atoms with van der Waals surface area (Å²) < 4.78 is 2.01. The number of aryl methyl sites for hydroxylation is 2. The number of rotatable bonds is 10. The second-order valence-electron chi connectivity index (χ2n) is 8.14. The van der Waals surface area contributed by atoms with Crippen molar-refractivity contribution in [2.45, 2.75) is 55.8 Å². The molecule has 176 valence electrons. The molecule has 0 spiro atoms. The van der Waals surface area contributed by atoms with Crippen molar-refractivity contribution < 1.29 is 4.79 Å². The molecule has 4 rings (SSSR count). The summed E-state index contributed by atoms with van der Waals surface area (Å²) in [5.74, 6) is 2.58. The topological polar surface area (TPSA) is 83.6 Å². The number of benzene rings is 1. The summed E-state index contributed by atoms with van der Waals surface area (Å²) in [7, 11) is 0. The van der Waals surface area contributed by atoms with Crippen molar-refractivity contribution >= 4 is 45.8 Å². The third-order valence-corrected chi connectivity index (χ3v) is 8.77. The Labute approximate surface area is 212 Å². The first-order valence-corrected chi connectivity index (χ1v) is 14.2. The molecule has 1 aliphatic rings. The maximum absolute atomic E-state index is 12.7. The molecule has 0 fully saturated rings. The fourth-order valence-corrected chi connectivity index (χ4v) is 6.80. The van der Waals surface area contributed by atoms with Crippen LogP contribution in [0.4, 0.5) is 5.00 Å². The van der Waals surface area contributed by atoms with E-state index in [4.69, 9.17) is 0 Å². The van der Waals surface area contributed by atoms with Crippen LogP contribution in [0.3, 0.4) is 0 Å². The molecule has 2 heterocycles. The Morgan fingerprint density at radius 3 is 2.82 bits per heavy atom. The van der Waals surface area contributed by atoms with Gasteiger partial charge in [0.25, 0.3) is 0 Å². The van der Waals surface area contributed by atoms with Crippen LogP contribution in [0.15, 0.2) is 42.1 Å². The number of hydrogen-bond acceptors (Lipinski definition) is 7. The van der Waals surface area contributed by atoms with Crippen LogP contribution < -0.4 is 5.32 Å². The van der Waals surface area contributed by atoms with Crippen LogP contribution in [-0.2, 0) is 35.7 Å². The number of nitrogens with one attached hydrogen (secondary N) is 1. The number of nitriles is 1. The van der Waals surface area contributed by atoms with Gasteiger partial charge in [-0.05, 0) is 43.7 Å². The molecule has 0 radical (unpaired) electrons. The van der Waals surface area contributed by atoms with Crippen LogP contribution in [0, 0.1) is 18.3 Å². The van der Waals surface area contributed by atoms with E-state index in [1.54, 1.807) is 23.1 Å². The summed E-state index contributed by atoms with van der Waals surface area (Å²) in [6, 6.07) is 10.8. The monoisotopic (exact) mass is 509 g/mol. The van der Waals surface area contributed by atoms with Gasteiger partial charge in [0.1, 0.15) is 16.9 Å². The van der Waals surface area contributed by atoms with E-state index < -0.39 is 0 Å². The lowest BCUT2D eigenvalue weighted by Crippen LogP contribution is -2.15. The third-order valence-electron chi connectivity index (χ3n) is 5.59. The first-order chi connectivity index (χ1) is 16.6. The number of nitrogens with zero attached hydrogens (tertiary/aromatic N) is 4. The van der Waals surface area contributed by atoms with Crippen molar-refractivity contribution in [1.82, 2.24) is 14.8 Å². The van der Waals surface area contributed by atoms with Gasteiger partial charge in [-0.25, -0.2) is 0 Å². The van der Waals surface area contributed by atoms with Crippen LogP contribution in [0.1, 0.15) is 45.8 Å². The molecule has 6 nitrogen and oxygen atoms in total. The van der Waals surface area contributed by atoms with Crippen LogP contribution >= 0.6 is 34.9 Å². The van der Waals surface area contributed by atoms with Gasteiger partial charge in [-0.1, -0.05) is 47.7 Å². The van der Waals surface area contributed by atoms with E-state index in [-0.39, 0.29) is 11.7 Å². The number of thioether (sulfide) groups is 2. The minimum atomic E-state index is -0.136. The second-order valence-corrected chi connectivity index (χ2v) is 11.2. The zero-order valence-electron chi connectivity index (χ0n) is 19.2. The SMILES string of the molecule is C=CCn1c(CSCc2ccc(C)cc2)nnc1SCC(=O)Nc1sc2c(c1C#N)CCCC2. The second kappa shape index (κ2) is 11.7. The average Bonchev–Trinajstić information content (AvgIpc) is 3.39. The van der Waals surface area contributed by atoms with Crippen molar-refractivity contribution in [3.8, 4) is 6.07 Å². The van der Waals surface area contributed by atoms with Crippen LogP contribution in [0.25, 0.3) is 0 Å². The molecular formula is C25H27N5OS3. The van der Waals surface area contributed by atoms with E-state index in [0.717, 1.165) is 48.6 Å². The standard InChI is InChI=1S/C25H27N5OS3/c1-3-12-30-22(15-32-14-18-10-8-17(2)9-11-18)28-29-25(30)33-16-23(31)27-24-20(13-26)19-6-4-5-7-21(19)34-24/h3,8-11H,1,4-7,12,14-16H2,2H3,(H,27,31). The molecule has 34 heavy (non-hydrogen) atoms. The van der Waals surface area contributed by atoms with E-state index >= 15 is 0 Å². The number of fused-ring (bicyclic) bond motifs is 1. The van der Waals surface area contributed by atoms with Gasteiger partial charge in [-0.2, -0.15) is 5.26 Å². The van der Waals surface area contributed by atoms with E-state index in [1.807, 2.05) is 10.6 Å². The van der Waals surface area contributed by atoms with E-state index in [1.165, 1.54) is 27.8 Å². The predicted molar refractivity (Wildman–Crippen MR) is 141 cm³/mol. The summed E-state index contributed by atoms with van der Waals surface area (Å²) in [5.41, 5.74) is 4.30. The van der Waals surface area contributed by atoms with Crippen molar-refractivity contribution in [1.29, 1.82) is 5.26 Å². The lowest BCUT2D eigenvalue weighted by molar-refractivity contribution is -0.113. The average molecular weight is 510 g/mol. The molecule has 1 N–H and O–H groups in total. The van der Waals surface area contributed by atoms with Crippen LogP contribution in [-0.4, -0.2) is 26.4 Å². The van der Waals surface area contributed by atoms with Gasteiger partial charge in [0.15, 0.2) is 5.16 Å². The van der Waals surface area contributed by atoms with E-state index in [0.29, 0.717) is 22.3 Å². The molecule has 3 aromatic rings. The third kappa shape index (κ3) is 5.93. The van der Waals surface area contributed by atoms with Crippen molar-refractivity contribution in [2.75, 3.05) is 11.1 Å². The minimum absolute atomic E-state index is 0.136. The Morgan fingerprint density at radius 1 is 1.26 bits per heavy atom. The van der Waals surface area contributed by atoms with Gasteiger partial charge in [-0.15, -0.1) is 39.9 Å². The Kier molecular flexibility index (Phi) is 8.48. The van der Waals surface area contributed by atoms with Gasteiger partial charge in [-0.3, -0.25) is 4.79 Å². The number of hydrogen-bond donors (Lipinski definition) is 1. The molecule has 0 unspecified atom stereocenters. The van der Waals surface area contributed by atoms with Crippen molar-refractivity contribution in [3.05, 3.63) is 69.9 Å². The predicted octanol–water partition coefficient (Wildman–Crippen LogP) is 5.75. The highest BCUT2D eigenvalue weighted by molar-refractivity contribution is 7.99. The van der Waals surface area contributed by atoms with Gasteiger partial charge < -0.3 is 9.88 Å². The zero-order chi connectivity index (χ0) is 23.9. The van der Waals surface area contributed by atoms with Crippen LogP contribution in [0.2, 0.25) is 0 Å². The summed E-state index contributed by atoms with van der Waals surface area (Å²) in [6.45, 7) is 6.53. The summed E-state index contributed by atoms with van der Waals surface area (Å²) >= 11 is 4.69. The number of aromatic nitrogens is 3. The number of thiophene rings is 1. The van der Waals surface area contributed by atoms with E-state index in [9.17, 15) is 10.1 Å². The number of anilines is 1. The number of carbonyl (C=O) groups excluding carboxylic acids is 1. The Balaban J connectivity index is 1.35. The molecule has 0 bridgehead atoms. The molecule has 2 aromatic heterocycles. The highest BCUT2D eigenvalue weighted by Crippen LogP contribution is 2.37. The largest absolute Gasteiger partial charge is 0.316 e. The van der Waals surface area contributed by atoms with Crippen molar-refractivity contribution in [2.24, 2.45) is 0 Å². The zero-order valence-corrected chi connectivity index (χ0v) is 21.6. The van der Waals surface area contributed by atoms with E-state index in [2.05, 4.69) is 59.4 Å². The van der Waals surface area contributed by atoms with Crippen molar-refractivity contribution in [3.63, 3.8) is 0 Å². The maximum atomic E-state index is 12.7. The summed E-state index contributed by atoms with van der Waals surface area (Å²) in [5, 5.41) is 22.6. The number of carbonyl (C=O) groups is 1. The summed E-state index contributed by atoms with van der Waals surface area (Å²) in [4.78, 5) is 13.9. The van der Waals surface area contributed by atoms with Crippen LogP contribution in [0.5, 0.6) is 0 Å². The molecular weight excluding hydrogens is 483 g/mol. The highest BCUT2D eigenvalue weighted by atomic mass is 32.2. The maximum Gasteiger partial charge on any atom is 0.235 e. The van der Waals surface area contributed by atoms with Gasteiger partial charge in [0.2, 0.25) is 5.91 Å². The summed E-state index contributed by atoms with van der Waals surface area (Å²) in [6.07, 6.45) is 5.98. The fraction of sp³-hybridized carbons (Fsp3) is 0.360. The molecule has 1 aromatic carbocycles. The quantitative estimate of drug-likeness (QED) is 0.277. The molecule has 0 saturated heterocycles. The first kappa shape index (κ1) is 24.6. The molecule has 1 aliphatic carbocycles. The minimum Gasteiger partial charge on any atom is -0.316 e. The molecule has 9 heteroatoms. The number of amides is 1. The Morgan fingerprint density at radius 2 is 2.06 bits per heavy atom. The molecule has 0 aliphatic heterocycles. The Bertz CT molecular complexity index is 1210. The van der Waals surface area contributed by atoms with Gasteiger partial charge in [0.05, 0.1) is 17.1 Å². The lowest BCUT2D eigenvalue weighted by atomic mass is 9.96. The molecule has 0 saturated carbocycles. The Hall–Kier alpha value is -2.54. The first-order valence-electron chi connectivity index (χ1n) is 11.2. The lowest BCUT2D eigenvalue weighted by Gasteiger charge is -2.09. The number of allylic oxidation sites excluding steroid dienone is 1. The van der Waals surface area contributed by atoms with Gasteiger partial charge in [0, 0.05) is 17.2 Å². The molecule has 0 atom stereocenters. The van der Waals surface area contributed by atoms with Gasteiger partial charge >= 0.3 is 0 Å². The highest BCUT2D eigenvalue weighted by Gasteiger charge is 2.22. The smallest absolute Gasteiger partial charge is 0.235 e. The fourth-order valence-electron chi connectivity index (χ4n) is 3.85.